The van der Waals surface area contributed by atoms with E-state index in [-0.39, 0.29) is 29.6 Å². The molecule has 11 heteroatoms. The molecule has 31 heavy (non-hydrogen) atoms. The number of aromatic nitrogens is 3. The molecule has 0 bridgehead atoms. The second-order valence-corrected chi connectivity index (χ2v) is 9.14. The summed E-state index contributed by atoms with van der Waals surface area (Å²) < 4.78 is 61.6. The van der Waals surface area contributed by atoms with Crippen molar-refractivity contribution in [3.63, 3.8) is 0 Å². The molecule has 0 radical (unpaired) electrons. The van der Waals surface area contributed by atoms with E-state index in [4.69, 9.17) is 4.74 Å². The van der Waals surface area contributed by atoms with Crippen molar-refractivity contribution in [1.29, 1.82) is 0 Å². The molecule has 162 valence electrons. The third kappa shape index (κ3) is 4.58. The summed E-state index contributed by atoms with van der Waals surface area (Å²) in [6, 6.07) is 9.50. The maximum absolute atomic E-state index is 14.0. The molecule has 0 amide bonds. The van der Waals surface area contributed by atoms with Crippen molar-refractivity contribution in [2.24, 2.45) is 0 Å². The first-order chi connectivity index (χ1) is 14.9. The Hall–Kier alpha value is -2.89. The van der Waals surface area contributed by atoms with Crippen LogP contribution in [0.1, 0.15) is 12.6 Å². The quantitative estimate of drug-likeness (QED) is 0.430. The van der Waals surface area contributed by atoms with Gasteiger partial charge in [-0.3, -0.25) is 0 Å². The van der Waals surface area contributed by atoms with Crippen molar-refractivity contribution in [3.05, 3.63) is 65.2 Å². The van der Waals surface area contributed by atoms with Crippen molar-refractivity contribution >= 4 is 26.3 Å². The van der Waals surface area contributed by atoms with E-state index < -0.39 is 15.8 Å². The van der Waals surface area contributed by atoms with E-state index >= 15 is 0 Å². The summed E-state index contributed by atoms with van der Waals surface area (Å²) in [5.74, 6) is -0.729. The van der Waals surface area contributed by atoms with Crippen LogP contribution in [0.25, 0.3) is 16.3 Å². The average molecular weight is 465 g/mol. The molecule has 0 saturated heterocycles. The van der Waals surface area contributed by atoms with Crippen LogP contribution in [0.3, 0.4) is 0 Å². The number of fused-ring (bicyclic) bond motifs is 1. The monoisotopic (exact) mass is 464 g/mol. The van der Waals surface area contributed by atoms with Gasteiger partial charge in [0.2, 0.25) is 15.0 Å². The molecule has 0 atom stereocenters. The number of hydrogen-bond donors (Lipinski definition) is 1. The van der Waals surface area contributed by atoms with Crippen LogP contribution in [-0.4, -0.2) is 36.2 Å². The number of benzene rings is 2. The van der Waals surface area contributed by atoms with E-state index in [1.165, 1.54) is 35.6 Å². The zero-order valence-electron chi connectivity index (χ0n) is 16.4. The first-order valence-corrected chi connectivity index (χ1v) is 11.7. The van der Waals surface area contributed by atoms with Gasteiger partial charge in [0.1, 0.15) is 5.82 Å². The fourth-order valence-electron chi connectivity index (χ4n) is 2.96. The normalized spacial score (nSPS) is 11.8. The Kier molecular flexibility index (Phi) is 5.99. The second kappa shape index (κ2) is 8.69. The summed E-state index contributed by atoms with van der Waals surface area (Å²) in [6.07, 6.45) is 0.338. The smallest absolute Gasteiger partial charge is 0.240 e. The molecule has 0 aliphatic carbocycles. The van der Waals surface area contributed by atoms with E-state index in [0.717, 1.165) is 11.8 Å². The topological polar surface area (TPSA) is 85.6 Å². The minimum absolute atomic E-state index is 0.00222. The Balaban J connectivity index is 1.46. The molecule has 0 spiro atoms. The number of nitrogens with one attached hydrogen (secondary N) is 1. The van der Waals surface area contributed by atoms with E-state index in [1.54, 1.807) is 23.6 Å². The molecule has 4 aromatic rings. The van der Waals surface area contributed by atoms with Gasteiger partial charge >= 0.3 is 0 Å². The zero-order chi connectivity index (χ0) is 22.0. The minimum Gasteiger partial charge on any atom is -0.491 e. The van der Waals surface area contributed by atoms with Crippen LogP contribution in [0.5, 0.6) is 5.75 Å². The van der Waals surface area contributed by atoms with Gasteiger partial charge in [0, 0.05) is 23.9 Å². The third-order valence-electron chi connectivity index (χ3n) is 4.42. The first kappa shape index (κ1) is 21.3. The average Bonchev–Trinajstić information content (AvgIpc) is 3.31. The summed E-state index contributed by atoms with van der Waals surface area (Å²) in [4.78, 5) is 4.83. The Morgan fingerprint density at radius 3 is 2.77 bits per heavy atom. The van der Waals surface area contributed by atoms with Gasteiger partial charge in [-0.1, -0.05) is 12.1 Å². The van der Waals surface area contributed by atoms with E-state index in [1.807, 2.05) is 5.38 Å². The van der Waals surface area contributed by atoms with Crippen molar-refractivity contribution in [1.82, 2.24) is 19.3 Å². The predicted molar refractivity (Wildman–Crippen MR) is 113 cm³/mol. The third-order valence-corrected chi connectivity index (χ3v) is 6.74. The molecular formula is C20H18F2N4O3S2. The lowest BCUT2D eigenvalue weighted by molar-refractivity contribution is 0.321. The van der Waals surface area contributed by atoms with E-state index in [9.17, 15) is 17.2 Å². The summed E-state index contributed by atoms with van der Waals surface area (Å²) in [6.45, 7) is 2.07. The van der Waals surface area contributed by atoms with E-state index in [2.05, 4.69) is 14.8 Å². The largest absolute Gasteiger partial charge is 0.491 e. The van der Waals surface area contributed by atoms with Crippen molar-refractivity contribution in [2.75, 3.05) is 13.2 Å². The summed E-state index contributed by atoms with van der Waals surface area (Å²) >= 11 is 1.35. The highest BCUT2D eigenvalue weighted by Crippen LogP contribution is 2.23. The molecule has 0 aliphatic heterocycles. The predicted octanol–water partition coefficient (Wildman–Crippen LogP) is 3.66. The Labute approximate surface area is 181 Å². The zero-order valence-corrected chi connectivity index (χ0v) is 18.0. The van der Waals surface area contributed by atoms with Crippen molar-refractivity contribution in [3.8, 4) is 17.1 Å². The molecule has 7 nitrogen and oxygen atoms in total. The minimum atomic E-state index is -3.89. The SMILES string of the molecule is CCOc1ccc(S(=O)(=O)NCCc2csc3nc(-c4cccc(F)c4)nn23)cc1F. The molecule has 1 N–H and O–H groups in total. The molecule has 0 saturated carbocycles. The fourth-order valence-corrected chi connectivity index (χ4v) is 4.86. The number of thiazole rings is 1. The molecule has 0 fully saturated rings. The Bertz CT molecular complexity index is 1340. The van der Waals surface area contributed by atoms with Crippen molar-refractivity contribution in [2.45, 2.75) is 18.2 Å². The number of nitrogens with zero attached hydrogens (tertiary/aromatic N) is 3. The lowest BCUT2D eigenvalue weighted by atomic mass is 10.2. The van der Waals surface area contributed by atoms with Gasteiger partial charge in [-0.25, -0.2) is 26.4 Å². The van der Waals surface area contributed by atoms with Gasteiger partial charge in [0.05, 0.1) is 17.2 Å². The lowest BCUT2D eigenvalue weighted by Crippen LogP contribution is -2.26. The number of rotatable bonds is 8. The molecule has 0 unspecified atom stereocenters. The maximum atomic E-state index is 14.0. The van der Waals surface area contributed by atoms with Gasteiger partial charge in [0.25, 0.3) is 0 Å². The van der Waals surface area contributed by atoms with Gasteiger partial charge in [-0.05, 0) is 37.3 Å². The van der Waals surface area contributed by atoms with Crippen LogP contribution in [0.4, 0.5) is 8.78 Å². The highest BCUT2D eigenvalue weighted by Gasteiger charge is 2.17. The second-order valence-electron chi connectivity index (χ2n) is 6.54. The maximum Gasteiger partial charge on any atom is 0.240 e. The summed E-state index contributed by atoms with van der Waals surface area (Å²) in [7, 11) is -3.89. The highest BCUT2D eigenvalue weighted by molar-refractivity contribution is 7.89. The van der Waals surface area contributed by atoms with Gasteiger partial charge in [-0.2, -0.15) is 4.98 Å². The van der Waals surface area contributed by atoms with Crippen LogP contribution < -0.4 is 9.46 Å². The van der Waals surface area contributed by atoms with Gasteiger partial charge in [0.15, 0.2) is 17.4 Å². The van der Waals surface area contributed by atoms with Gasteiger partial charge < -0.3 is 4.74 Å². The molecule has 4 rings (SSSR count). The van der Waals surface area contributed by atoms with Crippen LogP contribution in [-0.2, 0) is 16.4 Å². The van der Waals surface area contributed by atoms with Crippen LogP contribution in [0, 0.1) is 11.6 Å². The number of ether oxygens (including phenoxy) is 1. The molecular weight excluding hydrogens is 446 g/mol. The van der Waals surface area contributed by atoms with Crippen LogP contribution in [0.15, 0.2) is 52.7 Å². The van der Waals surface area contributed by atoms with Gasteiger partial charge in [-0.15, -0.1) is 16.4 Å². The summed E-state index contributed by atoms with van der Waals surface area (Å²) in [5, 5.41) is 6.23. The molecule has 2 aromatic carbocycles. The first-order valence-electron chi connectivity index (χ1n) is 9.38. The molecule has 2 aromatic heterocycles. The standard InChI is InChI=1S/C20H18F2N4O3S2/c1-2-29-18-7-6-16(11-17(18)22)31(27,28)23-9-8-15-12-30-20-24-19(25-26(15)20)13-4-3-5-14(21)10-13/h3-7,10-12,23H,2,8-9H2,1H3. The Morgan fingerprint density at radius 1 is 1.19 bits per heavy atom. The van der Waals surface area contributed by atoms with Crippen LogP contribution in [0.2, 0.25) is 0 Å². The lowest BCUT2D eigenvalue weighted by Gasteiger charge is -2.09. The molecule has 0 aliphatic rings. The number of hydrogen-bond acceptors (Lipinski definition) is 6. The highest BCUT2D eigenvalue weighted by atomic mass is 32.2. The van der Waals surface area contributed by atoms with E-state index in [0.29, 0.717) is 22.8 Å². The Morgan fingerprint density at radius 2 is 2.03 bits per heavy atom. The van der Waals surface area contributed by atoms with Crippen LogP contribution >= 0.6 is 11.3 Å². The fraction of sp³-hybridized carbons (Fsp3) is 0.200. The molecule has 2 heterocycles. The number of sulfonamides is 1. The summed E-state index contributed by atoms with van der Waals surface area (Å²) in [5.41, 5.74) is 1.30. The number of halogens is 2. The van der Waals surface area contributed by atoms with Crippen molar-refractivity contribution < 1.29 is 21.9 Å².